The van der Waals surface area contributed by atoms with Gasteiger partial charge in [0.1, 0.15) is 0 Å². The Labute approximate surface area is 148 Å². The van der Waals surface area contributed by atoms with Gasteiger partial charge in [0.05, 0.1) is 6.54 Å². The fraction of sp³-hybridized carbons (Fsp3) is 0.895. The van der Waals surface area contributed by atoms with Crippen molar-refractivity contribution in [3.05, 3.63) is 0 Å². The molecule has 0 aliphatic carbocycles. The number of amides is 2. The molecule has 5 heteroatoms. The molecule has 1 rings (SSSR count). The van der Waals surface area contributed by atoms with Crippen LogP contribution >= 0.6 is 0 Å². The average molecular weight is 340 g/mol. The molecule has 1 fully saturated rings. The number of carbonyl (C=O) groups is 2. The zero-order valence-corrected chi connectivity index (χ0v) is 16.8. The van der Waals surface area contributed by atoms with Crippen LogP contribution in [0.3, 0.4) is 0 Å². The van der Waals surface area contributed by atoms with Crippen LogP contribution in [-0.2, 0) is 9.59 Å². The van der Waals surface area contributed by atoms with Crippen molar-refractivity contribution in [1.82, 2.24) is 14.7 Å². The molecule has 0 radical (unpaired) electrons. The maximum Gasteiger partial charge on any atom is 0.236 e. The standard InChI is InChI=1S/C19H37N3O2/c1-15(2)12-22(13-16(3)4)17(23)14-20-8-10-21(11-9-20)18(24)19(5,6)7/h15-16H,8-14H2,1-7H3. The number of carbonyl (C=O) groups excluding carboxylic acids is 2. The molecule has 0 atom stereocenters. The molecule has 140 valence electrons. The van der Waals surface area contributed by atoms with Gasteiger partial charge in [-0.15, -0.1) is 0 Å². The first-order chi connectivity index (χ1) is 11.0. The Morgan fingerprint density at radius 2 is 1.38 bits per heavy atom. The van der Waals surface area contributed by atoms with Gasteiger partial charge in [-0.1, -0.05) is 48.5 Å². The Bertz CT molecular complexity index is 409. The molecule has 2 amide bonds. The van der Waals surface area contributed by atoms with Crippen LogP contribution in [-0.4, -0.2) is 72.3 Å². The molecule has 1 saturated heterocycles. The zero-order chi connectivity index (χ0) is 18.5. The second-order valence-electron chi connectivity index (χ2n) is 8.90. The van der Waals surface area contributed by atoms with E-state index < -0.39 is 0 Å². The van der Waals surface area contributed by atoms with Gasteiger partial charge in [0.15, 0.2) is 0 Å². The van der Waals surface area contributed by atoms with E-state index in [-0.39, 0.29) is 17.2 Å². The van der Waals surface area contributed by atoms with E-state index in [0.29, 0.717) is 18.4 Å². The molecule has 24 heavy (non-hydrogen) atoms. The van der Waals surface area contributed by atoms with E-state index in [1.807, 2.05) is 30.6 Å². The van der Waals surface area contributed by atoms with Gasteiger partial charge in [0.2, 0.25) is 11.8 Å². The van der Waals surface area contributed by atoms with Crippen LogP contribution in [0.25, 0.3) is 0 Å². The van der Waals surface area contributed by atoms with E-state index in [1.165, 1.54) is 0 Å². The summed E-state index contributed by atoms with van der Waals surface area (Å²) in [5.41, 5.74) is -0.330. The number of hydrogen-bond donors (Lipinski definition) is 0. The first-order valence-electron chi connectivity index (χ1n) is 9.30. The summed E-state index contributed by atoms with van der Waals surface area (Å²) < 4.78 is 0. The minimum atomic E-state index is -0.330. The van der Waals surface area contributed by atoms with Gasteiger partial charge in [-0.25, -0.2) is 0 Å². The number of hydrogen-bond acceptors (Lipinski definition) is 3. The van der Waals surface area contributed by atoms with Gasteiger partial charge >= 0.3 is 0 Å². The Morgan fingerprint density at radius 3 is 1.75 bits per heavy atom. The second kappa shape index (κ2) is 8.84. The third-order valence-corrected chi connectivity index (χ3v) is 4.18. The fourth-order valence-corrected chi connectivity index (χ4v) is 3.03. The lowest BCUT2D eigenvalue weighted by atomic mass is 9.94. The molecule has 0 aromatic rings. The lowest BCUT2D eigenvalue weighted by Gasteiger charge is -2.38. The van der Waals surface area contributed by atoms with Gasteiger partial charge in [-0.2, -0.15) is 0 Å². The van der Waals surface area contributed by atoms with Gasteiger partial charge in [-0.05, 0) is 11.8 Å². The normalized spacial score (nSPS) is 16.8. The van der Waals surface area contributed by atoms with Crippen LogP contribution in [0.1, 0.15) is 48.5 Å². The van der Waals surface area contributed by atoms with Gasteiger partial charge < -0.3 is 9.80 Å². The highest BCUT2D eigenvalue weighted by Gasteiger charge is 2.30. The molecule has 1 aliphatic heterocycles. The number of nitrogens with zero attached hydrogens (tertiary/aromatic N) is 3. The Morgan fingerprint density at radius 1 is 0.917 bits per heavy atom. The van der Waals surface area contributed by atoms with Crippen LogP contribution in [0.15, 0.2) is 0 Å². The second-order valence-corrected chi connectivity index (χ2v) is 8.90. The Hall–Kier alpha value is -1.10. The highest BCUT2D eigenvalue weighted by atomic mass is 16.2. The van der Waals surface area contributed by atoms with E-state index in [4.69, 9.17) is 0 Å². The highest BCUT2D eigenvalue weighted by Crippen LogP contribution is 2.18. The molecule has 0 N–H and O–H groups in total. The Kier molecular flexibility index (Phi) is 7.71. The van der Waals surface area contributed by atoms with Gasteiger partial charge in [0, 0.05) is 44.7 Å². The predicted octanol–water partition coefficient (Wildman–Crippen LogP) is 2.32. The van der Waals surface area contributed by atoms with E-state index in [1.54, 1.807) is 0 Å². The third kappa shape index (κ3) is 6.80. The lowest BCUT2D eigenvalue weighted by Crippen LogP contribution is -2.54. The molecular weight excluding hydrogens is 302 g/mol. The summed E-state index contributed by atoms with van der Waals surface area (Å²) in [5.74, 6) is 1.38. The van der Waals surface area contributed by atoms with Crippen molar-refractivity contribution in [3.8, 4) is 0 Å². The molecule has 0 unspecified atom stereocenters. The first kappa shape index (κ1) is 20.9. The molecule has 0 aromatic heterocycles. The van der Waals surface area contributed by atoms with Crippen LogP contribution in [0.4, 0.5) is 0 Å². The summed E-state index contributed by atoms with van der Waals surface area (Å²) in [6.45, 7) is 19.6. The molecule has 0 saturated carbocycles. The van der Waals surface area contributed by atoms with Gasteiger partial charge in [-0.3, -0.25) is 14.5 Å². The van der Waals surface area contributed by atoms with Crippen molar-refractivity contribution in [2.45, 2.75) is 48.5 Å². The van der Waals surface area contributed by atoms with E-state index >= 15 is 0 Å². The molecule has 0 bridgehead atoms. The molecule has 1 aliphatic rings. The molecule has 0 spiro atoms. The molecule has 0 aromatic carbocycles. The smallest absolute Gasteiger partial charge is 0.236 e. The zero-order valence-electron chi connectivity index (χ0n) is 16.8. The maximum absolute atomic E-state index is 12.7. The lowest BCUT2D eigenvalue weighted by molar-refractivity contribution is -0.142. The largest absolute Gasteiger partial charge is 0.341 e. The minimum absolute atomic E-state index is 0.203. The molecule has 1 heterocycles. The van der Waals surface area contributed by atoms with E-state index in [9.17, 15) is 9.59 Å². The van der Waals surface area contributed by atoms with Crippen molar-refractivity contribution < 1.29 is 9.59 Å². The quantitative estimate of drug-likeness (QED) is 0.746. The Balaban J connectivity index is 2.52. The molecular formula is C19H37N3O2. The van der Waals surface area contributed by atoms with Gasteiger partial charge in [0.25, 0.3) is 0 Å². The van der Waals surface area contributed by atoms with Crippen molar-refractivity contribution >= 4 is 11.8 Å². The van der Waals surface area contributed by atoms with Crippen LogP contribution in [0.2, 0.25) is 0 Å². The topological polar surface area (TPSA) is 43.9 Å². The van der Waals surface area contributed by atoms with Crippen molar-refractivity contribution in [2.75, 3.05) is 45.8 Å². The summed E-state index contributed by atoms with van der Waals surface area (Å²) in [5, 5.41) is 0. The SMILES string of the molecule is CC(C)CN(CC(C)C)C(=O)CN1CCN(C(=O)C(C)(C)C)CC1. The minimum Gasteiger partial charge on any atom is -0.341 e. The van der Waals surface area contributed by atoms with Crippen molar-refractivity contribution in [3.63, 3.8) is 0 Å². The monoisotopic (exact) mass is 339 g/mol. The maximum atomic E-state index is 12.7. The molecule has 5 nitrogen and oxygen atoms in total. The van der Waals surface area contributed by atoms with E-state index in [2.05, 4.69) is 32.6 Å². The summed E-state index contributed by atoms with van der Waals surface area (Å²) in [4.78, 5) is 31.1. The predicted molar refractivity (Wildman–Crippen MR) is 98.7 cm³/mol. The van der Waals surface area contributed by atoms with E-state index in [0.717, 1.165) is 39.3 Å². The summed E-state index contributed by atoms with van der Waals surface area (Å²) in [7, 11) is 0. The third-order valence-electron chi connectivity index (χ3n) is 4.18. The summed E-state index contributed by atoms with van der Waals surface area (Å²) in [6.07, 6.45) is 0. The fourth-order valence-electron chi connectivity index (χ4n) is 3.03. The average Bonchev–Trinajstić information content (AvgIpc) is 2.44. The number of piperazine rings is 1. The highest BCUT2D eigenvalue weighted by molar-refractivity contribution is 5.81. The van der Waals surface area contributed by atoms with Crippen molar-refractivity contribution in [2.24, 2.45) is 17.3 Å². The number of rotatable bonds is 6. The van der Waals surface area contributed by atoms with Crippen molar-refractivity contribution in [1.29, 1.82) is 0 Å². The first-order valence-corrected chi connectivity index (χ1v) is 9.30. The van der Waals surface area contributed by atoms with Crippen LogP contribution in [0.5, 0.6) is 0 Å². The summed E-state index contributed by atoms with van der Waals surface area (Å²) in [6, 6.07) is 0. The summed E-state index contributed by atoms with van der Waals surface area (Å²) >= 11 is 0. The van der Waals surface area contributed by atoms with Crippen LogP contribution < -0.4 is 0 Å². The van der Waals surface area contributed by atoms with Crippen LogP contribution in [0, 0.1) is 17.3 Å².